The number of nitrogens with zero attached hydrogens (tertiary/aromatic N) is 1. The molecular formula is C17H18N2O2. The first-order valence-electron chi connectivity index (χ1n) is 6.89. The molecule has 0 bridgehead atoms. The molecule has 0 spiro atoms. The number of methoxy groups -OCH3 is 1. The lowest BCUT2D eigenvalue weighted by Gasteiger charge is -2.10. The monoisotopic (exact) mass is 282 g/mol. The van der Waals surface area contributed by atoms with Gasteiger partial charge in [-0.2, -0.15) is 0 Å². The maximum Gasteiger partial charge on any atom is 0.146 e. The molecule has 0 aliphatic heterocycles. The van der Waals surface area contributed by atoms with Gasteiger partial charge in [0.25, 0.3) is 0 Å². The van der Waals surface area contributed by atoms with Crippen molar-refractivity contribution >= 4 is 11.0 Å². The van der Waals surface area contributed by atoms with E-state index in [-0.39, 0.29) is 0 Å². The molecule has 21 heavy (non-hydrogen) atoms. The summed E-state index contributed by atoms with van der Waals surface area (Å²) in [6.07, 6.45) is 0. The lowest BCUT2D eigenvalue weighted by atomic mass is 10.1. The number of hydrogen-bond donors (Lipinski definition) is 1. The highest BCUT2D eigenvalue weighted by molar-refractivity contribution is 5.76. The Morgan fingerprint density at radius 2 is 1.86 bits per heavy atom. The van der Waals surface area contributed by atoms with Crippen LogP contribution in [0.1, 0.15) is 17.0 Å². The minimum Gasteiger partial charge on any atom is -0.497 e. The molecule has 4 heteroatoms. The molecule has 0 radical (unpaired) electrons. The van der Waals surface area contributed by atoms with Gasteiger partial charge in [0, 0.05) is 6.07 Å². The van der Waals surface area contributed by atoms with Gasteiger partial charge in [0.2, 0.25) is 0 Å². The zero-order valence-electron chi connectivity index (χ0n) is 12.4. The van der Waals surface area contributed by atoms with E-state index in [1.54, 1.807) is 7.11 Å². The van der Waals surface area contributed by atoms with Gasteiger partial charge in [0.1, 0.15) is 23.9 Å². The van der Waals surface area contributed by atoms with Crippen molar-refractivity contribution in [2.24, 2.45) is 0 Å². The molecule has 0 aliphatic rings. The maximum atomic E-state index is 5.91. The van der Waals surface area contributed by atoms with E-state index in [9.17, 15) is 0 Å². The van der Waals surface area contributed by atoms with E-state index >= 15 is 0 Å². The first kappa shape index (κ1) is 13.5. The van der Waals surface area contributed by atoms with Crippen molar-refractivity contribution < 1.29 is 9.47 Å². The van der Waals surface area contributed by atoms with Gasteiger partial charge < -0.3 is 14.5 Å². The van der Waals surface area contributed by atoms with E-state index in [0.717, 1.165) is 39.5 Å². The average molecular weight is 282 g/mol. The Kier molecular flexibility index (Phi) is 3.52. The SMILES string of the molecule is COc1ccc2nc(COc3c(C)cccc3C)[nH]c2c1. The molecule has 0 saturated heterocycles. The Bertz CT molecular complexity index is 757. The molecular weight excluding hydrogens is 264 g/mol. The van der Waals surface area contributed by atoms with Crippen molar-refractivity contribution in [3.05, 3.63) is 53.3 Å². The number of aromatic nitrogens is 2. The van der Waals surface area contributed by atoms with Crippen LogP contribution in [0.4, 0.5) is 0 Å². The molecule has 0 amide bonds. The Morgan fingerprint density at radius 3 is 2.57 bits per heavy atom. The quantitative estimate of drug-likeness (QED) is 0.792. The van der Waals surface area contributed by atoms with Crippen LogP contribution in [0.5, 0.6) is 11.5 Å². The number of aromatic amines is 1. The summed E-state index contributed by atoms with van der Waals surface area (Å²) in [5, 5.41) is 0. The fraction of sp³-hybridized carbons (Fsp3) is 0.235. The molecule has 0 atom stereocenters. The minimum absolute atomic E-state index is 0.419. The molecule has 0 fully saturated rings. The second-order valence-electron chi connectivity index (χ2n) is 5.08. The summed E-state index contributed by atoms with van der Waals surface area (Å²) < 4.78 is 11.1. The van der Waals surface area contributed by atoms with Crippen molar-refractivity contribution in [3.63, 3.8) is 0 Å². The lowest BCUT2D eigenvalue weighted by molar-refractivity contribution is 0.293. The largest absolute Gasteiger partial charge is 0.497 e. The van der Waals surface area contributed by atoms with Gasteiger partial charge >= 0.3 is 0 Å². The Balaban J connectivity index is 1.82. The molecule has 0 saturated carbocycles. The number of benzene rings is 2. The number of aryl methyl sites for hydroxylation is 2. The van der Waals surface area contributed by atoms with Crippen molar-refractivity contribution in [3.8, 4) is 11.5 Å². The molecule has 2 aromatic carbocycles. The predicted octanol–water partition coefficient (Wildman–Crippen LogP) is 3.77. The maximum absolute atomic E-state index is 5.91. The molecule has 4 nitrogen and oxygen atoms in total. The predicted molar refractivity (Wildman–Crippen MR) is 82.9 cm³/mol. The fourth-order valence-electron chi connectivity index (χ4n) is 2.40. The summed E-state index contributed by atoms with van der Waals surface area (Å²) >= 11 is 0. The number of H-pyrrole nitrogens is 1. The van der Waals surface area contributed by atoms with Gasteiger partial charge in [-0.1, -0.05) is 18.2 Å². The highest BCUT2D eigenvalue weighted by Gasteiger charge is 2.07. The number of imidazole rings is 1. The van der Waals surface area contributed by atoms with Gasteiger partial charge in [-0.15, -0.1) is 0 Å². The van der Waals surface area contributed by atoms with Gasteiger partial charge in [0.05, 0.1) is 18.1 Å². The summed E-state index contributed by atoms with van der Waals surface area (Å²) in [4.78, 5) is 7.79. The Labute approximate surface area is 123 Å². The molecule has 1 heterocycles. The number of hydrogen-bond acceptors (Lipinski definition) is 3. The van der Waals surface area contributed by atoms with E-state index < -0.39 is 0 Å². The number of fused-ring (bicyclic) bond motifs is 1. The van der Waals surface area contributed by atoms with Gasteiger partial charge in [0.15, 0.2) is 0 Å². The van der Waals surface area contributed by atoms with Crippen LogP contribution < -0.4 is 9.47 Å². The van der Waals surface area contributed by atoms with Crippen LogP contribution in [0.15, 0.2) is 36.4 Å². The van der Waals surface area contributed by atoms with Crippen molar-refractivity contribution in [1.29, 1.82) is 0 Å². The third-order valence-electron chi connectivity index (χ3n) is 3.50. The number of para-hydroxylation sites is 1. The molecule has 3 rings (SSSR count). The first-order chi connectivity index (χ1) is 10.2. The average Bonchev–Trinajstić information content (AvgIpc) is 2.88. The molecule has 0 aliphatic carbocycles. The summed E-state index contributed by atoms with van der Waals surface area (Å²) in [6, 6.07) is 11.9. The van der Waals surface area contributed by atoms with E-state index in [1.165, 1.54) is 0 Å². The first-order valence-corrected chi connectivity index (χ1v) is 6.89. The van der Waals surface area contributed by atoms with Crippen molar-refractivity contribution in [1.82, 2.24) is 9.97 Å². The smallest absolute Gasteiger partial charge is 0.146 e. The van der Waals surface area contributed by atoms with Crippen molar-refractivity contribution in [2.45, 2.75) is 20.5 Å². The molecule has 0 unspecified atom stereocenters. The van der Waals surface area contributed by atoms with Crippen LogP contribution in [0.3, 0.4) is 0 Å². The summed E-state index contributed by atoms with van der Waals surface area (Å²) in [5.41, 5.74) is 4.13. The Morgan fingerprint density at radius 1 is 1.10 bits per heavy atom. The highest BCUT2D eigenvalue weighted by atomic mass is 16.5. The second-order valence-corrected chi connectivity index (χ2v) is 5.08. The third-order valence-corrected chi connectivity index (χ3v) is 3.50. The molecule has 108 valence electrons. The van der Waals surface area contributed by atoms with E-state index in [1.807, 2.05) is 50.2 Å². The lowest BCUT2D eigenvalue weighted by Crippen LogP contribution is -2.00. The molecule has 3 aromatic rings. The number of ether oxygens (including phenoxy) is 2. The van der Waals surface area contributed by atoms with Crippen LogP contribution >= 0.6 is 0 Å². The highest BCUT2D eigenvalue weighted by Crippen LogP contribution is 2.24. The van der Waals surface area contributed by atoms with E-state index in [4.69, 9.17) is 9.47 Å². The third kappa shape index (κ3) is 2.70. The fourth-order valence-corrected chi connectivity index (χ4v) is 2.40. The van der Waals surface area contributed by atoms with Crippen LogP contribution in [0.25, 0.3) is 11.0 Å². The zero-order valence-corrected chi connectivity index (χ0v) is 12.4. The van der Waals surface area contributed by atoms with Crippen molar-refractivity contribution in [2.75, 3.05) is 7.11 Å². The van der Waals surface area contributed by atoms with E-state index in [0.29, 0.717) is 6.61 Å². The zero-order chi connectivity index (χ0) is 14.8. The summed E-state index contributed by atoms with van der Waals surface area (Å²) in [5.74, 6) is 2.55. The minimum atomic E-state index is 0.419. The van der Waals surface area contributed by atoms with Crippen LogP contribution in [-0.2, 0) is 6.61 Å². The second kappa shape index (κ2) is 5.48. The van der Waals surface area contributed by atoms with Crippen LogP contribution in [-0.4, -0.2) is 17.1 Å². The number of rotatable bonds is 4. The number of nitrogens with one attached hydrogen (secondary N) is 1. The van der Waals surface area contributed by atoms with Gasteiger partial charge in [-0.3, -0.25) is 0 Å². The molecule has 1 N–H and O–H groups in total. The molecule has 1 aromatic heterocycles. The topological polar surface area (TPSA) is 47.1 Å². The standard InChI is InChI=1S/C17H18N2O2/c1-11-5-4-6-12(2)17(11)21-10-16-18-14-8-7-13(20-3)9-15(14)19-16/h4-9H,10H2,1-3H3,(H,18,19). The normalized spacial score (nSPS) is 10.8. The Hall–Kier alpha value is -2.49. The van der Waals surface area contributed by atoms with Crippen LogP contribution in [0, 0.1) is 13.8 Å². The van der Waals surface area contributed by atoms with Gasteiger partial charge in [-0.25, -0.2) is 4.98 Å². The van der Waals surface area contributed by atoms with E-state index in [2.05, 4.69) is 9.97 Å². The van der Waals surface area contributed by atoms with Crippen LogP contribution in [0.2, 0.25) is 0 Å². The summed E-state index contributed by atoms with van der Waals surface area (Å²) in [7, 11) is 1.66. The van der Waals surface area contributed by atoms with Gasteiger partial charge in [-0.05, 0) is 37.1 Å². The summed E-state index contributed by atoms with van der Waals surface area (Å²) in [6.45, 7) is 4.51.